The number of ether oxygens (including phenoxy) is 1. The Labute approximate surface area is 545 Å². The summed E-state index contributed by atoms with van der Waals surface area (Å²) in [4.78, 5) is 24.7. The Balaban J connectivity index is 3.35. The van der Waals surface area contributed by atoms with Gasteiger partial charge >= 0.3 is 5.97 Å². The first-order chi connectivity index (χ1) is 43.0. The van der Waals surface area contributed by atoms with Gasteiger partial charge in [-0.25, -0.2) is 0 Å². The number of nitrogens with one attached hydrogen (secondary N) is 1. The van der Waals surface area contributed by atoms with Gasteiger partial charge in [-0.1, -0.05) is 411 Å². The molecule has 0 bridgehead atoms. The van der Waals surface area contributed by atoms with Gasteiger partial charge in [-0.2, -0.15) is 0 Å². The Morgan fingerprint density at radius 2 is 0.575 bits per heavy atom. The average molecular weight is 1230 g/mol. The zero-order chi connectivity index (χ0) is 62.8. The molecule has 0 spiro atoms. The number of carbonyl (C=O) groups is 2. The van der Waals surface area contributed by atoms with Crippen LogP contribution in [0.15, 0.2) is 24.3 Å². The fourth-order valence-electron chi connectivity index (χ4n) is 12.9. The van der Waals surface area contributed by atoms with E-state index in [2.05, 4.69) is 43.5 Å². The lowest BCUT2D eigenvalue weighted by atomic mass is 10.0. The third kappa shape index (κ3) is 73.3. The fourth-order valence-corrected chi connectivity index (χ4v) is 12.9. The van der Waals surface area contributed by atoms with Gasteiger partial charge in [0.15, 0.2) is 0 Å². The number of rotatable bonds is 76. The number of aliphatic hydroxyl groups excluding tert-OH is 2. The minimum atomic E-state index is -0.663. The summed E-state index contributed by atoms with van der Waals surface area (Å²) >= 11 is 0. The van der Waals surface area contributed by atoms with Crippen molar-refractivity contribution in [1.29, 1.82) is 0 Å². The molecule has 0 aliphatic carbocycles. The molecular weight excluding hydrogens is 1070 g/mol. The van der Waals surface area contributed by atoms with E-state index in [9.17, 15) is 19.8 Å². The zero-order valence-electron chi connectivity index (χ0n) is 59.3. The highest BCUT2D eigenvalue weighted by Gasteiger charge is 2.20. The number of hydrogen-bond donors (Lipinski definition) is 3. The van der Waals surface area contributed by atoms with Gasteiger partial charge < -0.3 is 20.3 Å². The van der Waals surface area contributed by atoms with Gasteiger partial charge in [0, 0.05) is 12.8 Å². The maximum absolute atomic E-state index is 12.5. The lowest BCUT2D eigenvalue weighted by Crippen LogP contribution is -2.45. The van der Waals surface area contributed by atoms with Crippen LogP contribution in [0.1, 0.15) is 457 Å². The lowest BCUT2D eigenvalue weighted by molar-refractivity contribution is -0.143. The number of esters is 1. The van der Waals surface area contributed by atoms with Crippen LogP contribution in [0.5, 0.6) is 0 Å². The average Bonchev–Trinajstić information content (AvgIpc) is 3.58. The zero-order valence-corrected chi connectivity index (χ0v) is 59.3. The Kier molecular flexibility index (Phi) is 75.3. The topological polar surface area (TPSA) is 95.9 Å². The summed E-state index contributed by atoms with van der Waals surface area (Å²) in [7, 11) is 0. The van der Waals surface area contributed by atoms with Gasteiger partial charge in [0.2, 0.25) is 5.91 Å². The van der Waals surface area contributed by atoms with E-state index in [0.717, 1.165) is 44.9 Å². The summed E-state index contributed by atoms with van der Waals surface area (Å²) in [5.41, 5.74) is 0. The van der Waals surface area contributed by atoms with Crippen LogP contribution in [-0.2, 0) is 14.3 Å². The van der Waals surface area contributed by atoms with E-state index in [1.165, 1.54) is 379 Å². The highest BCUT2D eigenvalue weighted by atomic mass is 16.5. The highest BCUT2D eigenvalue weighted by molar-refractivity contribution is 5.76. The molecule has 87 heavy (non-hydrogen) atoms. The van der Waals surface area contributed by atoms with Crippen molar-refractivity contribution in [2.24, 2.45) is 0 Å². The summed E-state index contributed by atoms with van der Waals surface area (Å²) in [6.07, 6.45) is 98.5. The van der Waals surface area contributed by atoms with Gasteiger partial charge in [0.1, 0.15) is 0 Å². The molecule has 0 aliphatic rings. The highest BCUT2D eigenvalue weighted by Crippen LogP contribution is 2.20. The molecule has 0 aromatic heterocycles. The Morgan fingerprint density at radius 1 is 0.322 bits per heavy atom. The Hall–Kier alpha value is -1.66. The second-order valence-electron chi connectivity index (χ2n) is 27.8. The number of hydrogen-bond acceptors (Lipinski definition) is 5. The van der Waals surface area contributed by atoms with Gasteiger partial charge in [-0.15, -0.1) is 0 Å². The molecule has 0 aromatic carbocycles. The van der Waals surface area contributed by atoms with Crippen molar-refractivity contribution in [2.75, 3.05) is 13.2 Å². The SMILES string of the molecule is CCCCCCCCCCCCCCCCCCCCC(O)C(CO)NC(=O)CCCCCCCCCCCCCCCCCCC/C=C\C/C=C\CCCCCCCCCCCCCOC(=O)CCCCCCCCCCCCCCCCCCC. The Bertz CT molecular complexity index is 1360. The van der Waals surface area contributed by atoms with Crippen molar-refractivity contribution >= 4 is 11.9 Å². The van der Waals surface area contributed by atoms with Crippen molar-refractivity contribution in [2.45, 2.75) is 469 Å². The molecule has 516 valence electrons. The number of allylic oxidation sites excluding steroid dienone is 4. The largest absolute Gasteiger partial charge is 0.466 e. The second-order valence-corrected chi connectivity index (χ2v) is 27.8. The van der Waals surface area contributed by atoms with Crippen molar-refractivity contribution in [1.82, 2.24) is 5.32 Å². The maximum Gasteiger partial charge on any atom is 0.305 e. The predicted molar refractivity (Wildman–Crippen MR) is 384 cm³/mol. The molecule has 0 heterocycles. The minimum absolute atomic E-state index is 0.0218. The molecule has 0 fully saturated rings. The lowest BCUT2D eigenvalue weighted by Gasteiger charge is -2.22. The number of unbranched alkanes of at least 4 members (excludes halogenated alkanes) is 61. The summed E-state index contributed by atoms with van der Waals surface area (Å²) in [6, 6.07) is -0.540. The van der Waals surface area contributed by atoms with E-state index in [1.807, 2.05) is 0 Å². The summed E-state index contributed by atoms with van der Waals surface area (Å²) in [5.74, 6) is -0.00625. The molecule has 0 aliphatic heterocycles. The molecule has 3 N–H and O–H groups in total. The first kappa shape index (κ1) is 85.3. The van der Waals surface area contributed by atoms with Gasteiger partial charge in [0.25, 0.3) is 0 Å². The first-order valence-electron chi connectivity index (χ1n) is 40.1. The fraction of sp³-hybridized carbons (Fsp3) is 0.926. The summed E-state index contributed by atoms with van der Waals surface area (Å²) in [6.45, 7) is 5.01. The monoisotopic (exact) mass is 1220 g/mol. The number of amides is 1. The van der Waals surface area contributed by atoms with E-state index >= 15 is 0 Å². The molecule has 2 unspecified atom stereocenters. The molecule has 0 saturated carbocycles. The minimum Gasteiger partial charge on any atom is -0.466 e. The van der Waals surface area contributed by atoms with Gasteiger partial charge in [0.05, 0.1) is 25.4 Å². The molecule has 0 saturated heterocycles. The van der Waals surface area contributed by atoms with E-state index in [-0.39, 0.29) is 18.5 Å². The first-order valence-corrected chi connectivity index (χ1v) is 40.1. The van der Waals surface area contributed by atoms with Crippen molar-refractivity contribution < 1.29 is 24.5 Å². The molecular formula is C81H157NO5. The smallest absolute Gasteiger partial charge is 0.305 e. The third-order valence-corrected chi connectivity index (χ3v) is 19.0. The Morgan fingerprint density at radius 3 is 0.874 bits per heavy atom. The molecule has 1 amide bonds. The molecule has 6 nitrogen and oxygen atoms in total. The summed E-state index contributed by atoms with van der Waals surface area (Å²) in [5, 5.41) is 23.4. The van der Waals surface area contributed by atoms with E-state index in [1.54, 1.807) is 0 Å². The summed E-state index contributed by atoms with van der Waals surface area (Å²) < 4.78 is 5.51. The van der Waals surface area contributed by atoms with E-state index in [0.29, 0.717) is 25.9 Å². The van der Waals surface area contributed by atoms with Crippen molar-refractivity contribution in [3.63, 3.8) is 0 Å². The van der Waals surface area contributed by atoms with E-state index < -0.39 is 12.1 Å². The van der Waals surface area contributed by atoms with Crippen LogP contribution >= 0.6 is 0 Å². The third-order valence-electron chi connectivity index (χ3n) is 19.0. The van der Waals surface area contributed by atoms with Crippen LogP contribution < -0.4 is 5.32 Å². The predicted octanol–water partition coefficient (Wildman–Crippen LogP) is 26.4. The molecule has 0 aromatic rings. The number of aliphatic hydroxyl groups is 2. The molecule has 0 rings (SSSR count). The van der Waals surface area contributed by atoms with Gasteiger partial charge in [-0.05, 0) is 57.8 Å². The van der Waals surface area contributed by atoms with Crippen LogP contribution in [0.3, 0.4) is 0 Å². The number of carbonyl (C=O) groups excluding carboxylic acids is 2. The normalized spacial score (nSPS) is 12.6. The van der Waals surface area contributed by atoms with Crippen molar-refractivity contribution in [3.05, 3.63) is 24.3 Å². The second kappa shape index (κ2) is 76.8. The quantitative estimate of drug-likeness (QED) is 0.0320. The van der Waals surface area contributed by atoms with Crippen LogP contribution in [0.4, 0.5) is 0 Å². The molecule has 2 atom stereocenters. The molecule has 6 heteroatoms. The maximum atomic E-state index is 12.5. The standard InChI is InChI=1S/C81H157NO5/c1-3-5-7-9-11-13-15-17-19-21-42-45-49-53-57-61-65-69-73-79(84)78(77-83)82-80(85)74-70-66-62-58-54-50-46-43-39-37-35-33-31-29-27-25-23-22-24-26-28-30-32-34-36-38-40-44-48-52-56-60-64-68-72-76-87-81(86)75-71-67-63-59-55-51-47-41-20-18-16-14-12-10-8-6-4-2/h24,26,30,32,78-79,83-84H,3-23,25,27-29,31,33-77H2,1-2H3,(H,82,85)/b26-24-,32-30-. The van der Waals surface area contributed by atoms with Crippen LogP contribution in [0, 0.1) is 0 Å². The van der Waals surface area contributed by atoms with Gasteiger partial charge in [-0.3, -0.25) is 9.59 Å². The molecule has 0 radical (unpaired) electrons. The van der Waals surface area contributed by atoms with Crippen LogP contribution in [0.25, 0.3) is 0 Å². The van der Waals surface area contributed by atoms with Crippen molar-refractivity contribution in [3.8, 4) is 0 Å². The van der Waals surface area contributed by atoms with E-state index in [4.69, 9.17) is 4.74 Å². The van der Waals surface area contributed by atoms with Crippen LogP contribution in [-0.4, -0.2) is 47.4 Å². The van der Waals surface area contributed by atoms with Crippen LogP contribution in [0.2, 0.25) is 0 Å².